The van der Waals surface area contributed by atoms with Crippen LogP contribution in [0.15, 0.2) is 28.8 Å². The summed E-state index contributed by atoms with van der Waals surface area (Å²) < 4.78 is 5.01. The molecule has 0 aliphatic carbocycles. The van der Waals surface area contributed by atoms with Crippen molar-refractivity contribution in [1.82, 2.24) is 15.5 Å². The van der Waals surface area contributed by atoms with Gasteiger partial charge >= 0.3 is 0 Å². The average molecular weight is 246 g/mol. The zero-order valence-corrected chi connectivity index (χ0v) is 10.0. The molecule has 1 amide bonds. The van der Waals surface area contributed by atoms with Gasteiger partial charge in [0.25, 0.3) is 11.7 Å². The Hall–Kier alpha value is -2.37. The molecule has 1 aromatic carbocycles. The zero-order chi connectivity index (χ0) is 13.0. The lowest BCUT2D eigenvalue weighted by Gasteiger charge is -1.97. The standard InChI is InChI=1S/C12H14N4O2/c1-2-14-12(17)11-15-10(18-16-11)7-8-3-5-9(13)6-4-8/h3-6H,2,7,13H2,1H3,(H,14,17). The van der Waals surface area contributed by atoms with Crippen LogP contribution in [0.4, 0.5) is 5.69 Å². The van der Waals surface area contributed by atoms with Crippen molar-refractivity contribution in [2.75, 3.05) is 12.3 Å². The van der Waals surface area contributed by atoms with Gasteiger partial charge in [-0.15, -0.1) is 0 Å². The zero-order valence-electron chi connectivity index (χ0n) is 10.0. The molecule has 18 heavy (non-hydrogen) atoms. The fourth-order valence-corrected chi connectivity index (χ4v) is 1.47. The van der Waals surface area contributed by atoms with E-state index in [0.29, 0.717) is 24.5 Å². The Morgan fingerprint density at radius 2 is 2.11 bits per heavy atom. The summed E-state index contributed by atoms with van der Waals surface area (Å²) in [5, 5.41) is 6.23. The van der Waals surface area contributed by atoms with E-state index in [4.69, 9.17) is 10.3 Å². The Morgan fingerprint density at radius 3 is 2.78 bits per heavy atom. The Labute approximate surface area is 104 Å². The van der Waals surface area contributed by atoms with Crippen LogP contribution in [0.3, 0.4) is 0 Å². The number of carbonyl (C=O) groups is 1. The molecule has 0 fully saturated rings. The van der Waals surface area contributed by atoms with Crippen molar-refractivity contribution in [3.05, 3.63) is 41.5 Å². The lowest BCUT2D eigenvalue weighted by Crippen LogP contribution is -2.23. The highest BCUT2D eigenvalue weighted by molar-refractivity contribution is 5.90. The predicted octanol–water partition coefficient (Wildman–Crippen LogP) is 0.992. The summed E-state index contributed by atoms with van der Waals surface area (Å²) in [6.45, 7) is 2.36. The molecule has 2 aromatic rings. The number of hydrogen-bond donors (Lipinski definition) is 2. The van der Waals surface area contributed by atoms with Gasteiger partial charge < -0.3 is 15.6 Å². The molecule has 2 rings (SSSR count). The second-order valence-corrected chi connectivity index (χ2v) is 3.79. The van der Waals surface area contributed by atoms with Gasteiger partial charge in [-0.05, 0) is 24.6 Å². The Kier molecular flexibility index (Phi) is 3.57. The van der Waals surface area contributed by atoms with E-state index in [1.165, 1.54) is 0 Å². The van der Waals surface area contributed by atoms with Crippen molar-refractivity contribution < 1.29 is 9.32 Å². The highest BCUT2D eigenvalue weighted by atomic mass is 16.5. The quantitative estimate of drug-likeness (QED) is 0.784. The number of anilines is 1. The molecule has 0 aliphatic heterocycles. The summed E-state index contributed by atoms with van der Waals surface area (Å²) in [6.07, 6.45) is 0.479. The van der Waals surface area contributed by atoms with Gasteiger partial charge in [0, 0.05) is 12.2 Å². The van der Waals surface area contributed by atoms with E-state index in [1.54, 1.807) is 12.1 Å². The van der Waals surface area contributed by atoms with Gasteiger partial charge in [0.2, 0.25) is 5.89 Å². The Balaban J connectivity index is 2.06. The molecule has 0 spiro atoms. The molecule has 1 aromatic heterocycles. The van der Waals surface area contributed by atoms with Crippen LogP contribution in [0.1, 0.15) is 29.0 Å². The summed E-state index contributed by atoms with van der Waals surface area (Å²) in [7, 11) is 0. The van der Waals surface area contributed by atoms with E-state index >= 15 is 0 Å². The molecule has 94 valence electrons. The minimum Gasteiger partial charge on any atom is -0.399 e. The van der Waals surface area contributed by atoms with Gasteiger partial charge in [0.15, 0.2) is 0 Å². The molecule has 0 bridgehead atoms. The number of aromatic nitrogens is 2. The highest BCUT2D eigenvalue weighted by Gasteiger charge is 2.13. The molecule has 0 radical (unpaired) electrons. The van der Waals surface area contributed by atoms with Crippen LogP contribution in [0, 0.1) is 0 Å². The van der Waals surface area contributed by atoms with Crippen molar-refractivity contribution in [3.8, 4) is 0 Å². The first-order valence-corrected chi connectivity index (χ1v) is 5.64. The highest BCUT2D eigenvalue weighted by Crippen LogP contribution is 2.10. The van der Waals surface area contributed by atoms with Gasteiger partial charge in [-0.1, -0.05) is 17.3 Å². The Bertz CT molecular complexity index is 533. The summed E-state index contributed by atoms with van der Waals surface area (Å²) in [5.41, 5.74) is 7.29. The first-order valence-electron chi connectivity index (χ1n) is 5.64. The fourth-order valence-electron chi connectivity index (χ4n) is 1.47. The van der Waals surface area contributed by atoms with Crippen LogP contribution >= 0.6 is 0 Å². The molecule has 1 heterocycles. The first kappa shape index (κ1) is 12.1. The molecule has 0 unspecified atom stereocenters. The lowest BCUT2D eigenvalue weighted by atomic mass is 10.1. The van der Waals surface area contributed by atoms with E-state index in [2.05, 4.69) is 15.5 Å². The number of amides is 1. The largest absolute Gasteiger partial charge is 0.399 e. The van der Waals surface area contributed by atoms with Crippen LogP contribution in [-0.4, -0.2) is 22.6 Å². The molecule has 0 saturated heterocycles. The number of nitrogen functional groups attached to an aromatic ring is 1. The van der Waals surface area contributed by atoms with Gasteiger partial charge in [-0.25, -0.2) is 0 Å². The van der Waals surface area contributed by atoms with Crippen molar-refractivity contribution in [1.29, 1.82) is 0 Å². The van der Waals surface area contributed by atoms with E-state index in [9.17, 15) is 4.79 Å². The SMILES string of the molecule is CCNC(=O)c1noc(Cc2ccc(N)cc2)n1. The van der Waals surface area contributed by atoms with E-state index in [0.717, 1.165) is 5.56 Å². The average Bonchev–Trinajstić information content (AvgIpc) is 2.81. The van der Waals surface area contributed by atoms with E-state index in [1.807, 2.05) is 19.1 Å². The lowest BCUT2D eigenvalue weighted by molar-refractivity contribution is 0.0942. The maximum absolute atomic E-state index is 11.4. The fraction of sp³-hybridized carbons (Fsp3) is 0.250. The topological polar surface area (TPSA) is 94.0 Å². The van der Waals surface area contributed by atoms with Gasteiger partial charge in [0.05, 0.1) is 6.42 Å². The third-order valence-electron chi connectivity index (χ3n) is 2.34. The maximum Gasteiger partial charge on any atom is 0.292 e. The van der Waals surface area contributed by atoms with Crippen LogP contribution in [-0.2, 0) is 6.42 Å². The molecule has 6 heteroatoms. The van der Waals surface area contributed by atoms with Gasteiger partial charge in [-0.3, -0.25) is 4.79 Å². The molecular formula is C12H14N4O2. The van der Waals surface area contributed by atoms with Crippen LogP contribution < -0.4 is 11.1 Å². The Morgan fingerprint density at radius 1 is 1.39 bits per heavy atom. The van der Waals surface area contributed by atoms with Crippen molar-refractivity contribution >= 4 is 11.6 Å². The molecular weight excluding hydrogens is 232 g/mol. The molecule has 0 saturated carbocycles. The van der Waals surface area contributed by atoms with Crippen molar-refractivity contribution in [3.63, 3.8) is 0 Å². The molecule has 6 nitrogen and oxygen atoms in total. The van der Waals surface area contributed by atoms with Crippen LogP contribution in [0.5, 0.6) is 0 Å². The summed E-state index contributed by atoms with van der Waals surface area (Å²) in [5.74, 6) is 0.133. The number of nitrogens with two attached hydrogens (primary N) is 1. The number of nitrogens with one attached hydrogen (secondary N) is 1. The minimum atomic E-state index is -0.329. The van der Waals surface area contributed by atoms with Gasteiger partial charge in [0.1, 0.15) is 0 Å². The second kappa shape index (κ2) is 5.31. The van der Waals surface area contributed by atoms with Crippen LogP contribution in [0.25, 0.3) is 0 Å². The van der Waals surface area contributed by atoms with E-state index in [-0.39, 0.29) is 11.7 Å². The van der Waals surface area contributed by atoms with Crippen LogP contribution in [0.2, 0.25) is 0 Å². The van der Waals surface area contributed by atoms with Crippen molar-refractivity contribution in [2.24, 2.45) is 0 Å². The number of rotatable bonds is 4. The number of carbonyl (C=O) groups excluding carboxylic acids is 1. The third-order valence-corrected chi connectivity index (χ3v) is 2.34. The maximum atomic E-state index is 11.4. The smallest absolute Gasteiger partial charge is 0.292 e. The number of hydrogen-bond acceptors (Lipinski definition) is 5. The summed E-state index contributed by atoms with van der Waals surface area (Å²) in [6, 6.07) is 7.36. The second-order valence-electron chi connectivity index (χ2n) is 3.79. The summed E-state index contributed by atoms with van der Waals surface area (Å²) in [4.78, 5) is 15.5. The van der Waals surface area contributed by atoms with E-state index < -0.39 is 0 Å². The predicted molar refractivity (Wildman–Crippen MR) is 66.0 cm³/mol. The molecule has 0 atom stereocenters. The van der Waals surface area contributed by atoms with Gasteiger partial charge in [-0.2, -0.15) is 4.98 Å². The monoisotopic (exact) mass is 246 g/mol. The number of nitrogens with zero attached hydrogens (tertiary/aromatic N) is 2. The summed E-state index contributed by atoms with van der Waals surface area (Å²) >= 11 is 0. The first-order chi connectivity index (χ1) is 8.69. The molecule has 0 aliphatic rings. The van der Waals surface area contributed by atoms with Crippen molar-refractivity contribution in [2.45, 2.75) is 13.3 Å². The number of benzene rings is 1. The minimum absolute atomic E-state index is 0.0577. The third kappa shape index (κ3) is 2.85. The normalized spacial score (nSPS) is 10.3. The molecule has 3 N–H and O–H groups in total.